The van der Waals surface area contributed by atoms with Crippen molar-refractivity contribution in [1.82, 2.24) is 19.4 Å². The highest BCUT2D eigenvalue weighted by molar-refractivity contribution is 5.94. The van der Waals surface area contributed by atoms with E-state index in [1.165, 1.54) is 11.1 Å². The Morgan fingerprint density at radius 1 is 1.38 bits per heavy atom. The lowest BCUT2D eigenvalue weighted by Crippen LogP contribution is -2.36. The molecule has 0 saturated heterocycles. The molecule has 0 aliphatic heterocycles. The summed E-state index contributed by atoms with van der Waals surface area (Å²) in [6.07, 6.45) is 7.21. The van der Waals surface area contributed by atoms with E-state index in [0.717, 1.165) is 5.69 Å². The van der Waals surface area contributed by atoms with Crippen molar-refractivity contribution in [3.63, 3.8) is 0 Å². The second-order valence-electron chi connectivity index (χ2n) is 4.49. The third-order valence-electron chi connectivity index (χ3n) is 2.87. The number of carboxylic acid groups (broad SMARTS) is 1. The molecule has 0 saturated carbocycles. The van der Waals surface area contributed by atoms with Crippen LogP contribution in [0.3, 0.4) is 0 Å². The molecular formula is C14H16N4O3. The van der Waals surface area contributed by atoms with Crippen molar-refractivity contribution in [2.24, 2.45) is 0 Å². The van der Waals surface area contributed by atoms with Crippen molar-refractivity contribution in [1.29, 1.82) is 0 Å². The number of amides is 1. The number of pyridine rings is 1. The molecule has 2 aromatic rings. The highest BCUT2D eigenvalue weighted by Gasteiger charge is 2.19. The van der Waals surface area contributed by atoms with Gasteiger partial charge in [-0.25, -0.2) is 4.98 Å². The Bertz CT molecular complexity index is 625. The highest BCUT2D eigenvalue weighted by atomic mass is 16.4. The van der Waals surface area contributed by atoms with E-state index < -0.39 is 5.97 Å². The van der Waals surface area contributed by atoms with E-state index in [-0.39, 0.29) is 18.1 Å². The summed E-state index contributed by atoms with van der Waals surface area (Å²) in [6, 6.07) is 3.37. The van der Waals surface area contributed by atoms with Crippen molar-refractivity contribution in [3.8, 4) is 5.69 Å². The number of aromatic nitrogens is 3. The molecule has 0 bridgehead atoms. The van der Waals surface area contributed by atoms with Crippen molar-refractivity contribution < 1.29 is 14.7 Å². The number of carboxylic acids is 1. The van der Waals surface area contributed by atoms with Gasteiger partial charge in [0.05, 0.1) is 12.0 Å². The Morgan fingerprint density at radius 2 is 2.19 bits per heavy atom. The van der Waals surface area contributed by atoms with E-state index in [0.29, 0.717) is 13.0 Å². The van der Waals surface area contributed by atoms with Crippen LogP contribution in [0.4, 0.5) is 0 Å². The minimum atomic E-state index is -1.04. The monoisotopic (exact) mass is 288 g/mol. The molecule has 0 spiro atoms. The highest BCUT2D eigenvalue weighted by Crippen LogP contribution is 2.10. The molecule has 1 amide bonds. The first-order valence-electron chi connectivity index (χ1n) is 6.57. The van der Waals surface area contributed by atoms with Crippen LogP contribution in [0.5, 0.6) is 0 Å². The maximum atomic E-state index is 12.4. The van der Waals surface area contributed by atoms with E-state index in [4.69, 9.17) is 5.11 Å². The van der Waals surface area contributed by atoms with Gasteiger partial charge in [-0.1, -0.05) is 6.92 Å². The molecule has 2 rings (SSSR count). The van der Waals surface area contributed by atoms with Gasteiger partial charge >= 0.3 is 5.97 Å². The number of imidazole rings is 1. The number of carbonyl (C=O) groups is 2. The van der Waals surface area contributed by atoms with E-state index >= 15 is 0 Å². The van der Waals surface area contributed by atoms with Gasteiger partial charge in [0.15, 0.2) is 0 Å². The normalized spacial score (nSPS) is 10.3. The van der Waals surface area contributed by atoms with E-state index in [9.17, 15) is 9.59 Å². The summed E-state index contributed by atoms with van der Waals surface area (Å²) < 4.78 is 1.75. The molecule has 2 aromatic heterocycles. The number of hydrogen-bond donors (Lipinski definition) is 1. The molecule has 21 heavy (non-hydrogen) atoms. The lowest BCUT2D eigenvalue weighted by atomic mass is 10.2. The standard InChI is InChI=1S/C14H16N4O3/c1-2-6-17(9-13(19)20)14(21)12-8-11(3-4-16-12)18-7-5-15-10-18/h3-5,7-8,10H,2,6,9H2,1H3,(H,19,20). The average molecular weight is 288 g/mol. The molecule has 0 unspecified atom stereocenters. The second kappa shape index (κ2) is 6.65. The van der Waals surface area contributed by atoms with Crippen molar-refractivity contribution in [3.05, 3.63) is 42.7 Å². The van der Waals surface area contributed by atoms with Crippen molar-refractivity contribution in [2.75, 3.05) is 13.1 Å². The summed E-state index contributed by atoms with van der Waals surface area (Å²) in [5.74, 6) is -1.43. The molecule has 0 fully saturated rings. The van der Waals surface area contributed by atoms with E-state index in [1.807, 2.05) is 6.92 Å². The zero-order valence-corrected chi connectivity index (χ0v) is 11.6. The molecule has 110 valence electrons. The van der Waals surface area contributed by atoms with Gasteiger partial charge in [-0.3, -0.25) is 14.6 Å². The number of rotatable bonds is 6. The zero-order valence-electron chi connectivity index (χ0n) is 11.6. The summed E-state index contributed by atoms with van der Waals surface area (Å²) in [5.41, 5.74) is 0.966. The number of nitrogens with zero attached hydrogens (tertiary/aromatic N) is 4. The molecule has 7 heteroatoms. The lowest BCUT2D eigenvalue weighted by Gasteiger charge is -2.19. The maximum absolute atomic E-state index is 12.4. The van der Waals surface area contributed by atoms with Gasteiger partial charge in [0.2, 0.25) is 0 Å². The third kappa shape index (κ3) is 3.65. The van der Waals surface area contributed by atoms with E-state index in [2.05, 4.69) is 9.97 Å². The molecule has 2 heterocycles. The molecule has 0 radical (unpaired) electrons. The number of aliphatic carboxylic acids is 1. The SMILES string of the molecule is CCCN(CC(=O)O)C(=O)c1cc(-n2ccnc2)ccn1. The molecule has 0 aliphatic carbocycles. The third-order valence-corrected chi connectivity index (χ3v) is 2.87. The second-order valence-corrected chi connectivity index (χ2v) is 4.49. The number of carbonyl (C=O) groups excluding carboxylic acids is 1. The first-order chi connectivity index (χ1) is 10.1. The smallest absolute Gasteiger partial charge is 0.323 e. The number of hydrogen-bond acceptors (Lipinski definition) is 4. The lowest BCUT2D eigenvalue weighted by molar-refractivity contribution is -0.137. The van der Waals surface area contributed by atoms with Gasteiger partial charge in [-0.2, -0.15) is 0 Å². The minimum absolute atomic E-state index is 0.218. The predicted molar refractivity (Wildman–Crippen MR) is 75.2 cm³/mol. The Labute approximate surface area is 121 Å². The fraction of sp³-hybridized carbons (Fsp3) is 0.286. The molecule has 7 nitrogen and oxygen atoms in total. The first kappa shape index (κ1) is 14.7. The van der Waals surface area contributed by atoms with Crippen LogP contribution in [0.2, 0.25) is 0 Å². The van der Waals surface area contributed by atoms with Crippen molar-refractivity contribution in [2.45, 2.75) is 13.3 Å². The summed E-state index contributed by atoms with van der Waals surface area (Å²) in [4.78, 5) is 32.5. The molecule has 1 N–H and O–H groups in total. The minimum Gasteiger partial charge on any atom is -0.480 e. The van der Waals surface area contributed by atoms with Crippen LogP contribution in [0.1, 0.15) is 23.8 Å². The summed E-state index contributed by atoms with van der Waals surface area (Å²) >= 11 is 0. The average Bonchev–Trinajstić information content (AvgIpc) is 3.00. The zero-order chi connectivity index (χ0) is 15.2. The van der Waals surface area contributed by atoms with Gasteiger partial charge in [-0.15, -0.1) is 0 Å². The van der Waals surface area contributed by atoms with Crippen LogP contribution >= 0.6 is 0 Å². The van der Waals surface area contributed by atoms with Crippen molar-refractivity contribution >= 4 is 11.9 Å². The largest absolute Gasteiger partial charge is 0.480 e. The topological polar surface area (TPSA) is 88.3 Å². The van der Waals surface area contributed by atoms with Crippen LogP contribution in [0, 0.1) is 0 Å². The fourth-order valence-corrected chi connectivity index (χ4v) is 1.96. The van der Waals surface area contributed by atoms with Gasteiger partial charge in [-0.05, 0) is 18.6 Å². The summed E-state index contributed by atoms with van der Waals surface area (Å²) in [5, 5.41) is 8.88. The van der Waals surface area contributed by atoms with Gasteiger partial charge < -0.3 is 14.6 Å². The Hall–Kier alpha value is -2.70. The molecule has 0 atom stereocenters. The summed E-state index contributed by atoms with van der Waals surface area (Å²) in [6.45, 7) is 1.93. The Kier molecular flexibility index (Phi) is 4.65. The first-order valence-corrected chi connectivity index (χ1v) is 6.57. The Morgan fingerprint density at radius 3 is 2.81 bits per heavy atom. The van der Waals surface area contributed by atoms with Crippen LogP contribution in [0.25, 0.3) is 5.69 Å². The fourth-order valence-electron chi connectivity index (χ4n) is 1.96. The predicted octanol–water partition coefficient (Wildman–Crippen LogP) is 1.20. The maximum Gasteiger partial charge on any atom is 0.323 e. The van der Waals surface area contributed by atoms with Crippen LogP contribution in [-0.4, -0.2) is 49.5 Å². The molecular weight excluding hydrogens is 272 g/mol. The van der Waals surface area contributed by atoms with Crippen LogP contribution in [-0.2, 0) is 4.79 Å². The summed E-state index contributed by atoms with van der Waals surface area (Å²) in [7, 11) is 0. The van der Waals surface area contributed by atoms with Crippen LogP contribution in [0.15, 0.2) is 37.1 Å². The van der Waals surface area contributed by atoms with Gasteiger partial charge in [0.1, 0.15) is 12.2 Å². The molecule has 0 aliphatic rings. The molecule has 0 aromatic carbocycles. The van der Waals surface area contributed by atoms with E-state index in [1.54, 1.807) is 35.4 Å². The van der Waals surface area contributed by atoms with Crippen LogP contribution < -0.4 is 0 Å². The quantitative estimate of drug-likeness (QED) is 0.863. The van der Waals surface area contributed by atoms with Gasteiger partial charge in [0.25, 0.3) is 5.91 Å². The van der Waals surface area contributed by atoms with Gasteiger partial charge in [0, 0.05) is 25.1 Å². The Balaban J connectivity index is 2.25.